The highest BCUT2D eigenvalue weighted by atomic mass is 16.2. The van der Waals surface area contributed by atoms with Crippen LogP contribution in [0.3, 0.4) is 0 Å². The molecule has 0 aromatic heterocycles. The van der Waals surface area contributed by atoms with Crippen LogP contribution in [-0.4, -0.2) is 30.4 Å². The number of hydrogen-bond donors (Lipinski definition) is 1. The highest BCUT2D eigenvalue weighted by molar-refractivity contribution is 5.56. The topological polar surface area (TPSA) is 35.8 Å². The first-order chi connectivity index (χ1) is 5.27. The first kappa shape index (κ1) is 10.4. The van der Waals surface area contributed by atoms with Crippen molar-refractivity contribution in [2.75, 3.05) is 14.1 Å². The third-order valence-corrected chi connectivity index (χ3v) is 1.23. The quantitative estimate of drug-likeness (QED) is 0.361. The largest absolute Gasteiger partial charge is 0.390 e. The van der Waals surface area contributed by atoms with Crippen molar-refractivity contribution in [2.24, 2.45) is 5.10 Å². The summed E-state index contributed by atoms with van der Waals surface area (Å²) in [5, 5.41) is 14.2. The van der Waals surface area contributed by atoms with E-state index in [1.165, 1.54) is 6.61 Å². The molecule has 0 aromatic carbocycles. The van der Waals surface area contributed by atoms with Crippen molar-refractivity contribution in [1.82, 2.24) is 5.01 Å². The summed E-state index contributed by atoms with van der Waals surface area (Å²) in [5.41, 5.74) is 0. The van der Waals surface area contributed by atoms with Crippen LogP contribution in [0.15, 0.2) is 5.10 Å². The second-order valence-corrected chi connectivity index (χ2v) is 2.61. The van der Waals surface area contributed by atoms with E-state index in [1.54, 1.807) is 5.01 Å². The molecule has 0 fully saturated rings. The van der Waals surface area contributed by atoms with Gasteiger partial charge in [-0.15, -0.1) is 0 Å². The van der Waals surface area contributed by atoms with E-state index < -0.39 is 0 Å². The van der Waals surface area contributed by atoms with E-state index in [9.17, 15) is 0 Å². The van der Waals surface area contributed by atoms with Gasteiger partial charge in [0, 0.05) is 20.3 Å². The number of nitrogens with zero attached hydrogens (tertiary/aromatic N) is 2. The Hall–Kier alpha value is -0.570. The molecule has 0 rings (SSSR count). The van der Waals surface area contributed by atoms with Crippen molar-refractivity contribution in [3.63, 3.8) is 0 Å². The maximum atomic E-state index is 8.34. The van der Waals surface area contributed by atoms with Gasteiger partial charge in [-0.25, -0.2) is 0 Å². The molecule has 0 bridgehead atoms. The highest BCUT2D eigenvalue weighted by Crippen LogP contribution is 1.98. The molecule has 0 saturated carbocycles. The van der Waals surface area contributed by atoms with Gasteiger partial charge in [0.05, 0.1) is 6.61 Å². The Morgan fingerprint density at radius 2 is 1.91 bits per heavy atom. The van der Waals surface area contributed by atoms with E-state index in [1.807, 2.05) is 20.3 Å². The first-order valence-electron chi connectivity index (χ1n) is 3.93. The molecule has 3 nitrogen and oxygen atoms in total. The molecular formula is C8H17N2O. The minimum atomic E-state index is 0.788. The highest BCUT2D eigenvalue weighted by Gasteiger charge is 1.85. The van der Waals surface area contributed by atoms with Gasteiger partial charge in [-0.05, 0) is 19.3 Å². The van der Waals surface area contributed by atoms with E-state index in [0.29, 0.717) is 0 Å². The smallest absolute Gasteiger partial charge is 0.0799 e. The number of hydrogen-bond acceptors (Lipinski definition) is 3. The predicted octanol–water partition coefficient (Wildman–Crippen LogP) is 1.63. The third-order valence-electron chi connectivity index (χ3n) is 1.23. The molecule has 1 N–H and O–H groups in total. The van der Waals surface area contributed by atoms with E-state index in [4.69, 9.17) is 5.11 Å². The van der Waals surface area contributed by atoms with Gasteiger partial charge >= 0.3 is 0 Å². The van der Waals surface area contributed by atoms with Gasteiger partial charge in [-0.3, -0.25) is 0 Å². The molecule has 0 amide bonds. The van der Waals surface area contributed by atoms with Crippen LogP contribution in [0, 0.1) is 6.61 Å². The van der Waals surface area contributed by atoms with Gasteiger partial charge in [0.25, 0.3) is 0 Å². The maximum Gasteiger partial charge on any atom is 0.0799 e. The van der Waals surface area contributed by atoms with Crippen LogP contribution in [0.1, 0.15) is 25.7 Å². The molecule has 11 heavy (non-hydrogen) atoms. The Bertz CT molecular complexity index is 102. The molecule has 0 aromatic rings. The third kappa shape index (κ3) is 9.43. The Labute approximate surface area is 68.7 Å². The van der Waals surface area contributed by atoms with E-state index in [-0.39, 0.29) is 0 Å². The monoisotopic (exact) mass is 157 g/mol. The molecule has 0 saturated heterocycles. The van der Waals surface area contributed by atoms with Crippen molar-refractivity contribution in [2.45, 2.75) is 25.7 Å². The lowest BCUT2D eigenvalue weighted by Crippen LogP contribution is -2.01. The molecule has 0 aliphatic heterocycles. The van der Waals surface area contributed by atoms with Gasteiger partial charge in [-0.1, -0.05) is 6.42 Å². The van der Waals surface area contributed by atoms with Crippen LogP contribution >= 0.6 is 0 Å². The molecule has 0 spiro atoms. The molecule has 1 radical (unpaired) electrons. The van der Waals surface area contributed by atoms with Crippen LogP contribution in [-0.2, 0) is 0 Å². The van der Waals surface area contributed by atoms with Crippen LogP contribution in [0.5, 0.6) is 0 Å². The number of aliphatic hydroxyl groups is 1. The number of unbranched alkanes of at least 4 members (excludes halogenated alkanes) is 3. The van der Waals surface area contributed by atoms with Gasteiger partial charge in [-0.2, -0.15) is 5.10 Å². The molecule has 0 heterocycles. The molecule has 0 aliphatic rings. The first-order valence-corrected chi connectivity index (χ1v) is 3.93. The Morgan fingerprint density at radius 3 is 2.45 bits per heavy atom. The van der Waals surface area contributed by atoms with Crippen LogP contribution in [0.25, 0.3) is 0 Å². The van der Waals surface area contributed by atoms with Crippen molar-refractivity contribution < 1.29 is 5.11 Å². The second-order valence-electron chi connectivity index (χ2n) is 2.61. The minimum absolute atomic E-state index is 0.788. The fourth-order valence-corrected chi connectivity index (χ4v) is 0.692. The van der Waals surface area contributed by atoms with Gasteiger partial charge in [0.2, 0.25) is 0 Å². The van der Waals surface area contributed by atoms with Gasteiger partial charge in [0.15, 0.2) is 0 Å². The number of rotatable bonds is 6. The van der Waals surface area contributed by atoms with Crippen molar-refractivity contribution in [3.05, 3.63) is 6.61 Å². The summed E-state index contributed by atoms with van der Waals surface area (Å²) in [4.78, 5) is 0. The van der Waals surface area contributed by atoms with E-state index in [0.717, 1.165) is 25.7 Å². The van der Waals surface area contributed by atoms with E-state index in [2.05, 4.69) is 5.10 Å². The summed E-state index contributed by atoms with van der Waals surface area (Å²) in [6.45, 7) is 1.21. The number of aliphatic hydroxyl groups excluding tert-OH is 1. The maximum absolute atomic E-state index is 8.34. The lowest BCUT2D eigenvalue weighted by atomic mass is 10.2. The lowest BCUT2D eigenvalue weighted by molar-refractivity contribution is 0.369. The normalized spacial score (nSPS) is 10.8. The summed E-state index contributed by atoms with van der Waals surface area (Å²) < 4.78 is 0. The molecule has 3 heteroatoms. The lowest BCUT2D eigenvalue weighted by Gasteiger charge is -2.01. The second kappa shape index (κ2) is 7.54. The average Bonchev–Trinajstić information content (AvgIpc) is 1.96. The van der Waals surface area contributed by atoms with Crippen molar-refractivity contribution in [3.8, 4) is 0 Å². The van der Waals surface area contributed by atoms with Crippen LogP contribution < -0.4 is 0 Å². The predicted molar refractivity (Wildman–Crippen MR) is 46.9 cm³/mol. The number of hydrazone groups is 1. The average molecular weight is 157 g/mol. The fourth-order valence-electron chi connectivity index (χ4n) is 0.692. The molecule has 0 atom stereocenters. The van der Waals surface area contributed by atoms with Crippen molar-refractivity contribution in [1.29, 1.82) is 0 Å². The summed E-state index contributed by atoms with van der Waals surface area (Å²) in [5.74, 6) is 0. The van der Waals surface area contributed by atoms with E-state index >= 15 is 0 Å². The Morgan fingerprint density at radius 1 is 1.27 bits per heavy atom. The molecule has 0 aliphatic carbocycles. The van der Waals surface area contributed by atoms with Crippen LogP contribution in [0.2, 0.25) is 0 Å². The summed E-state index contributed by atoms with van der Waals surface area (Å²) in [7, 11) is 3.80. The molecule has 65 valence electrons. The fraction of sp³-hybridized carbons (Fsp3) is 0.750. The van der Waals surface area contributed by atoms with Gasteiger partial charge in [0.1, 0.15) is 0 Å². The van der Waals surface area contributed by atoms with Crippen molar-refractivity contribution >= 4 is 6.21 Å². The summed E-state index contributed by atoms with van der Waals surface area (Å²) in [6, 6.07) is 0. The Balaban J connectivity index is 3.01. The molecule has 0 unspecified atom stereocenters. The minimum Gasteiger partial charge on any atom is -0.390 e. The SMILES string of the molecule is CN(C)/N=C/CCCC[CH]O. The van der Waals surface area contributed by atoms with Gasteiger partial charge < -0.3 is 10.1 Å². The summed E-state index contributed by atoms with van der Waals surface area (Å²) >= 11 is 0. The zero-order chi connectivity index (χ0) is 8.53. The Kier molecular flexibility index (Phi) is 7.15. The standard InChI is InChI=1S/C8H17N2O/c1-10(2)9-7-5-3-4-6-8-11/h7-8,11H,3-6H2,1-2H3/b9-7+. The van der Waals surface area contributed by atoms with Crippen LogP contribution in [0.4, 0.5) is 0 Å². The molecular weight excluding hydrogens is 140 g/mol. The zero-order valence-corrected chi connectivity index (χ0v) is 7.32. The summed E-state index contributed by atoms with van der Waals surface area (Å²) in [6.07, 6.45) is 5.81. The zero-order valence-electron chi connectivity index (χ0n) is 7.32.